The van der Waals surface area contributed by atoms with Gasteiger partial charge >= 0.3 is 0 Å². The minimum absolute atomic E-state index is 0.0888. The number of thioether (sulfide) groups is 1. The molecule has 1 aliphatic heterocycles. The number of ether oxygens (including phenoxy) is 2. The maximum absolute atomic E-state index is 12.7. The first-order chi connectivity index (χ1) is 13.1. The lowest BCUT2D eigenvalue weighted by atomic mass is 10.2. The number of aliphatic imine (C=N–C) groups is 1. The summed E-state index contributed by atoms with van der Waals surface area (Å²) < 4.78 is 10.5. The Bertz CT molecular complexity index is 870. The molecule has 0 atom stereocenters. The van der Waals surface area contributed by atoms with Crippen molar-refractivity contribution >= 4 is 34.6 Å². The van der Waals surface area contributed by atoms with Crippen LogP contribution >= 0.6 is 11.8 Å². The van der Waals surface area contributed by atoms with Crippen LogP contribution in [0.3, 0.4) is 0 Å². The summed E-state index contributed by atoms with van der Waals surface area (Å²) in [6.07, 6.45) is 3.33. The molecular weight excluding hydrogens is 360 g/mol. The van der Waals surface area contributed by atoms with E-state index in [0.717, 1.165) is 27.7 Å². The van der Waals surface area contributed by atoms with Crippen LogP contribution in [-0.2, 0) is 4.79 Å². The molecule has 1 saturated heterocycles. The third-order valence-electron chi connectivity index (χ3n) is 4.17. The first-order valence-electron chi connectivity index (χ1n) is 8.60. The molecule has 2 aromatic rings. The molecule has 0 bridgehead atoms. The Hall–Kier alpha value is -2.73. The van der Waals surface area contributed by atoms with E-state index in [2.05, 4.69) is 4.99 Å². The largest absolute Gasteiger partial charge is 0.497 e. The molecule has 0 aromatic heterocycles. The van der Waals surface area contributed by atoms with E-state index in [4.69, 9.17) is 9.47 Å². The lowest BCUT2D eigenvalue weighted by Gasteiger charge is -2.14. The molecular formula is C21H22N2O3S. The fourth-order valence-corrected chi connectivity index (χ4v) is 3.63. The van der Waals surface area contributed by atoms with E-state index in [1.54, 1.807) is 49.1 Å². The van der Waals surface area contributed by atoms with Crippen molar-refractivity contribution in [3.63, 3.8) is 0 Å². The number of hydrogen-bond donors (Lipinski definition) is 0. The SMILES string of the molecule is COc1cc(/C=C/C(=O)N2CCSC2=Nc2ccccc2C)cc(OC)c1. The number of hydrogen-bond acceptors (Lipinski definition) is 5. The van der Waals surface area contributed by atoms with Crippen LogP contribution in [0.25, 0.3) is 6.08 Å². The van der Waals surface area contributed by atoms with Gasteiger partial charge in [-0.3, -0.25) is 9.69 Å². The quantitative estimate of drug-likeness (QED) is 0.724. The first-order valence-corrected chi connectivity index (χ1v) is 9.59. The Morgan fingerprint density at radius 1 is 1.15 bits per heavy atom. The number of rotatable bonds is 5. The highest BCUT2D eigenvalue weighted by Gasteiger charge is 2.24. The minimum atomic E-state index is -0.0888. The van der Waals surface area contributed by atoms with Gasteiger partial charge in [-0.25, -0.2) is 4.99 Å². The van der Waals surface area contributed by atoms with Crippen molar-refractivity contribution < 1.29 is 14.3 Å². The summed E-state index contributed by atoms with van der Waals surface area (Å²) in [5.41, 5.74) is 2.81. The monoisotopic (exact) mass is 382 g/mol. The number of nitrogens with zero attached hydrogens (tertiary/aromatic N) is 2. The average molecular weight is 382 g/mol. The first kappa shape index (κ1) is 19.0. The molecule has 0 unspecified atom stereocenters. The van der Waals surface area contributed by atoms with Crippen molar-refractivity contribution in [2.45, 2.75) is 6.92 Å². The number of amidine groups is 1. The maximum Gasteiger partial charge on any atom is 0.252 e. The van der Waals surface area contributed by atoms with Gasteiger partial charge in [-0.05, 0) is 42.3 Å². The Morgan fingerprint density at radius 2 is 1.85 bits per heavy atom. The second-order valence-electron chi connectivity index (χ2n) is 6.00. The standard InChI is InChI=1S/C21H22N2O3S/c1-15-6-4-5-7-19(15)22-21-23(10-11-27-21)20(24)9-8-16-12-17(25-2)14-18(13-16)26-3/h4-9,12-14H,10-11H2,1-3H3/b9-8+,22-21?. The van der Waals surface area contributed by atoms with E-state index in [0.29, 0.717) is 18.0 Å². The van der Waals surface area contributed by atoms with Gasteiger partial charge in [0.25, 0.3) is 5.91 Å². The highest BCUT2D eigenvalue weighted by molar-refractivity contribution is 8.14. The lowest BCUT2D eigenvalue weighted by molar-refractivity contribution is -0.121. The molecule has 140 valence electrons. The summed E-state index contributed by atoms with van der Waals surface area (Å²) in [5.74, 6) is 2.12. The van der Waals surface area contributed by atoms with Crippen LogP contribution in [0.2, 0.25) is 0 Å². The van der Waals surface area contributed by atoms with Gasteiger partial charge < -0.3 is 9.47 Å². The number of para-hydroxylation sites is 1. The highest BCUT2D eigenvalue weighted by atomic mass is 32.2. The Morgan fingerprint density at radius 3 is 2.52 bits per heavy atom. The van der Waals surface area contributed by atoms with Crippen LogP contribution in [0.1, 0.15) is 11.1 Å². The van der Waals surface area contributed by atoms with Gasteiger partial charge in [-0.1, -0.05) is 30.0 Å². The van der Waals surface area contributed by atoms with Gasteiger partial charge in [0.2, 0.25) is 0 Å². The molecule has 5 nitrogen and oxygen atoms in total. The molecule has 1 aliphatic rings. The van der Waals surface area contributed by atoms with Crippen molar-refractivity contribution in [2.24, 2.45) is 4.99 Å². The fraction of sp³-hybridized carbons (Fsp3) is 0.238. The Kier molecular flexibility index (Phi) is 6.19. The summed E-state index contributed by atoms with van der Waals surface area (Å²) in [7, 11) is 3.20. The van der Waals surface area contributed by atoms with Gasteiger partial charge in [0, 0.05) is 24.4 Å². The van der Waals surface area contributed by atoms with E-state index in [1.165, 1.54) is 0 Å². The molecule has 1 amide bonds. The predicted octanol–water partition coefficient (Wildman–Crippen LogP) is 4.29. The summed E-state index contributed by atoms with van der Waals surface area (Å²) in [4.78, 5) is 19.1. The number of benzene rings is 2. The minimum Gasteiger partial charge on any atom is -0.497 e. The molecule has 0 saturated carbocycles. The van der Waals surface area contributed by atoms with Crippen LogP contribution < -0.4 is 9.47 Å². The van der Waals surface area contributed by atoms with Crippen LogP contribution in [-0.4, -0.2) is 42.5 Å². The zero-order valence-corrected chi connectivity index (χ0v) is 16.5. The molecule has 1 fully saturated rings. The van der Waals surface area contributed by atoms with E-state index in [1.807, 2.05) is 43.3 Å². The van der Waals surface area contributed by atoms with E-state index >= 15 is 0 Å². The Labute approximate surface area is 163 Å². The zero-order chi connectivity index (χ0) is 19.2. The molecule has 27 heavy (non-hydrogen) atoms. The van der Waals surface area contributed by atoms with Crippen molar-refractivity contribution in [3.8, 4) is 11.5 Å². The third kappa shape index (κ3) is 4.71. The molecule has 1 heterocycles. The van der Waals surface area contributed by atoms with Crippen LogP contribution in [0.4, 0.5) is 5.69 Å². The number of methoxy groups -OCH3 is 2. The fourth-order valence-electron chi connectivity index (χ4n) is 2.67. The van der Waals surface area contributed by atoms with Crippen LogP contribution in [0.15, 0.2) is 53.5 Å². The van der Waals surface area contributed by atoms with E-state index in [-0.39, 0.29) is 5.91 Å². The van der Waals surface area contributed by atoms with Gasteiger partial charge in [0.1, 0.15) is 11.5 Å². The van der Waals surface area contributed by atoms with Crippen molar-refractivity contribution in [2.75, 3.05) is 26.5 Å². The van der Waals surface area contributed by atoms with Crippen molar-refractivity contribution in [3.05, 3.63) is 59.7 Å². The van der Waals surface area contributed by atoms with Gasteiger partial charge in [0.15, 0.2) is 5.17 Å². The zero-order valence-electron chi connectivity index (χ0n) is 15.6. The second kappa shape index (κ2) is 8.77. The molecule has 0 N–H and O–H groups in total. The highest BCUT2D eigenvalue weighted by Crippen LogP contribution is 2.26. The number of carbonyl (C=O) groups is 1. The normalized spacial score (nSPS) is 15.5. The molecule has 2 aromatic carbocycles. The average Bonchev–Trinajstić information content (AvgIpc) is 3.15. The van der Waals surface area contributed by atoms with Crippen molar-refractivity contribution in [1.29, 1.82) is 0 Å². The molecule has 3 rings (SSSR count). The molecule has 0 radical (unpaired) electrons. The topological polar surface area (TPSA) is 51.1 Å². The van der Waals surface area contributed by atoms with E-state index < -0.39 is 0 Å². The number of amides is 1. The predicted molar refractivity (Wildman–Crippen MR) is 111 cm³/mol. The second-order valence-corrected chi connectivity index (χ2v) is 7.06. The third-order valence-corrected chi connectivity index (χ3v) is 5.12. The molecule has 0 aliphatic carbocycles. The maximum atomic E-state index is 12.7. The number of carbonyl (C=O) groups excluding carboxylic acids is 1. The lowest BCUT2D eigenvalue weighted by Crippen LogP contribution is -2.30. The van der Waals surface area contributed by atoms with Gasteiger partial charge in [0.05, 0.1) is 19.9 Å². The summed E-state index contributed by atoms with van der Waals surface area (Å²) >= 11 is 1.60. The smallest absolute Gasteiger partial charge is 0.252 e. The van der Waals surface area contributed by atoms with E-state index in [9.17, 15) is 4.79 Å². The van der Waals surface area contributed by atoms with Crippen LogP contribution in [0, 0.1) is 6.92 Å². The summed E-state index contributed by atoms with van der Waals surface area (Å²) in [5, 5.41) is 0.738. The summed E-state index contributed by atoms with van der Waals surface area (Å²) in [6.45, 7) is 2.67. The Balaban J connectivity index is 1.79. The van der Waals surface area contributed by atoms with Gasteiger partial charge in [-0.2, -0.15) is 0 Å². The van der Waals surface area contributed by atoms with Crippen molar-refractivity contribution in [1.82, 2.24) is 4.90 Å². The van der Waals surface area contributed by atoms with Crippen LogP contribution in [0.5, 0.6) is 11.5 Å². The molecule has 0 spiro atoms. The molecule has 6 heteroatoms. The summed E-state index contributed by atoms with van der Waals surface area (Å²) in [6, 6.07) is 13.4. The van der Waals surface area contributed by atoms with Gasteiger partial charge in [-0.15, -0.1) is 0 Å². The number of aryl methyl sites for hydroxylation is 1.